The molecule has 1 aromatic heterocycles. The van der Waals surface area contributed by atoms with Gasteiger partial charge in [-0.1, -0.05) is 12.1 Å². The lowest BCUT2D eigenvalue weighted by molar-refractivity contribution is 0.102. The van der Waals surface area contributed by atoms with Gasteiger partial charge in [0.25, 0.3) is 5.91 Å². The Morgan fingerprint density at radius 1 is 1.23 bits per heavy atom. The highest BCUT2D eigenvalue weighted by Gasteiger charge is 2.26. The molecule has 1 aliphatic heterocycles. The zero-order valence-corrected chi connectivity index (χ0v) is 18.0. The summed E-state index contributed by atoms with van der Waals surface area (Å²) < 4.78 is 14.1. The van der Waals surface area contributed by atoms with Crippen molar-refractivity contribution in [3.05, 3.63) is 59.5 Å². The van der Waals surface area contributed by atoms with Crippen LogP contribution in [-0.2, 0) is 0 Å². The van der Waals surface area contributed by atoms with Crippen LogP contribution >= 0.6 is 0 Å². The molecule has 0 spiro atoms. The van der Waals surface area contributed by atoms with Gasteiger partial charge >= 0.3 is 0 Å². The number of rotatable bonds is 4. The van der Waals surface area contributed by atoms with Crippen molar-refractivity contribution in [1.82, 2.24) is 9.88 Å². The molecule has 1 fully saturated rings. The molecule has 3 aromatic rings. The van der Waals surface area contributed by atoms with Crippen molar-refractivity contribution in [2.24, 2.45) is 0 Å². The van der Waals surface area contributed by atoms with E-state index in [2.05, 4.69) is 47.2 Å². The minimum absolute atomic E-state index is 0.276. The van der Waals surface area contributed by atoms with Gasteiger partial charge in [0.15, 0.2) is 0 Å². The molecular formula is C24H29FN4O. The van der Waals surface area contributed by atoms with Crippen LogP contribution in [-0.4, -0.2) is 48.5 Å². The van der Waals surface area contributed by atoms with Crippen LogP contribution in [0.2, 0.25) is 0 Å². The molecule has 2 atom stereocenters. The number of halogens is 1. The van der Waals surface area contributed by atoms with E-state index in [9.17, 15) is 9.18 Å². The number of benzene rings is 2. The molecule has 158 valence electrons. The second-order valence-corrected chi connectivity index (χ2v) is 8.52. The van der Waals surface area contributed by atoms with E-state index in [1.54, 1.807) is 12.1 Å². The highest BCUT2D eigenvalue weighted by Crippen LogP contribution is 2.29. The van der Waals surface area contributed by atoms with Crippen LogP contribution in [0.15, 0.2) is 42.5 Å². The Hall–Kier alpha value is -2.86. The van der Waals surface area contributed by atoms with Crippen molar-refractivity contribution < 1.29 is 9.18 Å². The Morgan fingerprint density at radius 3 is 2.73 bits per heavy atom. The highest BCUT2D eigenvalue weighted by molar-refractivity contribution is 6.06. The molecule has 0 aliphatic carbocycles. The van der Waals surface area contributed by atoms with Crippen LogP contribution in [0.25, 0.3) is 10.9 Å². The van der Waals surface area contributed by atoms with Crippen molar-refractivity contribution in [2.75, 3.05) is 30.9 Å². The Bertz CT molecular complexity index is 1040. The lowest BCUT2D eigenvalue weighted by Crippen LogP contribution is -2.47. The standard InChI is InChI=1S/C24H29FN4O/c1-15-8-9-21(25)20-14-22(27-23(15)20)24(30)26-17-6-5-7-19(13-17)29-11-10-18(28(3)4)12-16(29)2/h5-9,13-14,16,18,27H,10-12H2,1-4H3,(H,26,30)/t16-,18-/m1/s1. The maximum Gasteiger partial charge on any atom is 0.272 e. The number of aromatic amines is 1. The fourth-order valence-corrected chi connectivity index (χ4v) is 4.41. The number of fused-ring (bicyclic) bond motifs is 1. The van der Waals surface area contributed by atoms with Crippen molar-refractivity contribution in [1.29, 1.82) is 0 Å². The van der Waals surface area contributed by atoms with Gasteiger partial charge in [0, 0.05) is 35.4 Å². The zero-order valence-electron chi connectivity index (χ0n) is 18.0. The molecule has 1 saturated heterocycles. The number of H-pyrrole nitrogens is 1. The molecule has 0 radical (unpaired) electrons. The Morgan fingerprint density at radius 2 is 2.03 bits per heavy atom. The first-order chi connectivity index (χ1) is 14.3. The Balaban J connectivity index is 1.52. The second-order valence-electron chi connectivity index (χ2n) is 8.52. The normalized spacial score (nSPS) is 19.5. The topological polar surface area (TPSA) is 51.4 Å². The summed E-state index contributed by atoms with van der Waals surface area (Å²) in [5.74, 6) is -0.607. The third kappa shape index (κ3) is 3.92. The fourth-order valence-electron chi connectivity index (χ4n) is 4.41. The molecular weight excluding hydrogens is 379 g/mol. The van der Waals surface area contributed by atoms with Gasteiger partial charge in [0.2, 0.25) is 0 Å². The van der Waals surface area contributed by atoms with Crippen LogP contribution in [0.5, 0.6) is 0 Å². The SMILES string of the molecule is Cc1ccc(F)c2cc(C(=O)Nc3cccc(N4CC[C@@H](N(C)C)C[C@H]4C)c3)[nH]c12. The maximum atomic E-state index is 14.1. The van der Waals surface area contributed by atoms with E-state index in [1.165, 1.54) is 6.07 Å². The first kappa shape index (κ1) is 20.4. The third-order valence-corrected chi connectivity index (χ3v) is 6.21. The molecule has 1 amide bonds. The summed E-state index contributed by atoms with van der Waals surface area (Å²) in [6, 6.07) is 13.7. The Kier molecular flexibility index (Phi) is 5.52. The van der Waals surface area contributed by atoms with E-state index in [0.717, 1.165) is 36.3 Å². The van der Waals surface area contributed by atoms with E-state index in [0.29, 0.717) is 28.7 Å². The first-order valence-electron chi connectivity index (χ1n) is 10.5. The summed E-state index contributed by atoms with van der Waals surface area (Å²) in [7, 11) is 4.28. The van der Waals surface area contributed by atoms with Crippen LogP contribution in [0.3, 0.4) is 0 Å². The molecule has 6 heteroatoms. The number of nitrogens with one attached hydrogen (secondary N) is 2. The van der Waals surface area contributed by atoms with Crippen molar-refractivity contribution >= 4 is 28.2 Å². The number of aromatic nitrogens is 1. The van der Waals surface area contributed by atoms with Crippen LogP contribution in [0.1, 0.15) is 35.8 Å². The number of anilines is 2. The van der Waals surface area contributed by atoms with Gasteiger partial charge in [-0.15, -0.1) is 0 Å². The number of carbonyl (C=O) groups is 1. The smallest absolute Gasteiger partial charge is 0.272 e. The van der Waals surface area contributed by atoms with Gasteiger partial charge < -0.3 is 20.1 Å². The zero-order chi connectivity index (χ0) is 21.4. The summed E-state index contributed by atoms with van der Waals surface area (Å²) in [5, 5.41) is 3.39. The van der Waals surface area contributed by atoms with E-state index < -0.39 is 0 Å². The molecule has 0 saturated carbocycles. The van der Waals surface area contributed by atoms with Gasteiger partial charge in [-0.05, 0) is 76.7 Å². The van der Waals surface area contributed by atoms with Crippen molar-refractivity contribution in [2.45, 2.75) is 38.8 Å². The summed E-state index contributed by atoms with van der Waals surface area (Å²) in [6.07, 6.45) is 2.23. The predicted octanol–water partition coefficient (Wildman–Crippen LogP) is 4.79. The summed E-state index contributed by atoms with van der Waals surface area (Å²) in [4.78, 5) is 20.6. The fraction of sp³-hybridized carbons (Fsp3) is 0.375. The molecule has 2 aromatic carbocycles. The van der Waals surface area contributed by atoms with E-state index >= 15 is 0 Å². The number of amides is 1. The van der Waals surface area contributed by atoms with E-state index in [-0.39, 0.29) is 11.7 Å². The second kappa shape index (κ2) is 8.11. The lowest BCUT2D eigenvalue weighted by atomic mass is 9.96. The van der Waals surface area contributed by atoms with E-state index in [4.69, 9.17) is 0 Å². The molecule has 2 heterocycles. The minimum atomic E-state index is -0.331. The number of carbonyl (C=O) groups excluding carboxylic acids is 1. The number of hydrogen-bond acceptors (Lipinski definition) is 3. The van der Waals surface area contributed by atoms with Gasteiger partial charge in [0.05, 0.1) is 5.52 Å². The monoisotopic (exact) mass is 408 g/mol. The lowest BCUT2D eigenvalue weighted by Gasteiger charge is -2.41. The van der Waals surface area contributed by atoms with Crippen molar-refractivity contribution in [3.8, 4) is 0 Å². The average Bonchev–Trinajstić information content (AvgIpc) is 3.18. The average molecular weight is 409 g/mol. The van der Waals surface area contributed by atoms with Gasteiger partial charge in [-0.25, -0.2) is 4.39 Å². The summed E-state index contributed by atoms with van der Waals surface area (Å²) in [5.41, 5.74) is 3.75. The molecule has 4 rings (SSSR count). The number of piperidine rings is 1. The molecule has 5 nitrogen and oxygen atoms in total. The molecule has 30 heavy (non-hydrogen) atoms. The van der Waals surface area contributed by atoms with Crippen LogP contribution < -0.4 is 10.2 Å². The van der Waals surface area contributed by atoms with Gasteiger partial charge in [-0.2, -0.15) is 0 Å². The van der Waals surface area contributed by atoms with Crippen molar-refractivity contribution in [3.63, 3.8) is 0 Å². The van der Waals surface area contributed by atoms with E-state index in [1.807, 2.05) is 25.1 Å². The van der Waals surface area contributed by atoms with Crippen LogP contribution in [0.4, 0.5) is 15.8 Å². The molecule has 2 N–H and O–H groups in total. The number of aryl methyl sites for hydroxylation is 1. The number of hydrogen-bond donors (Lipinski definition) is 2. The first-order valence-corrected chi connectivity index (χ1v) is 10.5. The Labute approximate surface area is 176 Å². The molecule has 0 bridgehead atoms. The molecule has 0 unspecified atom stereocenters. The minimum Gasteiger partial charge on any atom is -0.369 e. The third-order valence-electron chi connectivity index (χ3n) is 6.21. The van der Waals surface area contributed by atoms with Gasteiger partial charge in [-0.3, -0.25) is 4.79 Å². The quantitative estimate of drug-likeness (QED) is 0.653. The summed E-state index contributed by atoms with van der Waals surface area (Å²) >= 11 is 0. The summed E-state index contributed by atoms with van der Waals surface area (Å²) in [6.45, 7) is 5.13. The van der Waals surface area contributed by atoms with Gasteiger partial charge in [0.1, 0.15) is 11.5 Å². The molecule has 1 aliphatic rings. The van der Waals surface area contributed by atoms with Crippen LogP contribution in [0, 0.1) is 12.7 Å². The predicted molar refractivity (Wildman–Crippen MR) is 121 cm³/mol. The number of nitrogens with zero attached hydrogens (tertiary/aromatic N) is 2. The maximum absolute atomic E-state index is 14.1. The largest absolute Gasteiger partial charge is 0.369 e. The highest BCUT2D eigenvalue weighted by atomic mass is 19.1.